The minimum atomic E-state index is -4.78. The Labute approximate surface area is 218 Å². The van der Waals surface area contributed by atoms with Crippen LogP contribution < -0.4 is 15.4 Å². The van der Waals surface area contributed by atoms with Gasteiger partial charge < -0.3 is 29.9 Å². The summed E-state index contributed by atoms with van der Waals surface area (Å²) in [5.74, 6) is -0.580. The highest BCUT2D eigenvalue weighted by Crippen LogP contribution is 2.33. The van der Waals surface area contributed by atoms with Gasteiger partial charge in [-0.3, -0.25) is 9.59 Å². The molecule has 1 atom stereocenters. The lowest BCUT2D eigenvalue weighted by Crippen LogP contribution is -2.43. The number of imidazole rings is 1. The van der Waals surface area contributed by atoms with Crippen molar-refractivity contribution in [3.05, 3.63) is 42.0 Å². The summed E-state index contributed by atoms with van der Waals surface area (Å²) in [6, 6.07) is 8.66. The van der Waals surface area contributed by atoms with Gasteiger partial charge in [0.25, 0.3) is 5.91 Å². The minimum Gasteiger partial charge on any atom is -0.406 e. The molecule has 0 aliphatic carbocycles. The van der Waals surface area contributed by atoms with Crippen molar-refractivity contribution < 1.29 is 32.6 Å². The smallest absolute Gasteiger partial charge is 0.406 e. The van der Waals surface area contributed by atoms with Crippen LogP contribution in [-0.4, -0.2) is 68.5 Å². The van der Waals surface area contributed by atoms with E-state index in [1.165, 1.54) is 18.2 Å². The second kappa shape index (κ2) is 10.1. The maximum Gasteiger partial charge on any atom is 0.573 e. The second-order valence-electron chi connectivity index (χ2n) is 8.77. The molecule has 10 nitrogen and oxygen atoms in total. The molecule has 14 heteroatoms. The SMILES string of the molecule is Cn1c(Nc2nc3ccc(OC(F)(F)F)cc3s2)nc2cc(C(=O)NCC(=O)N3CCCC3CO)ccc21. The van der Waals surface area contributed by atoms with Gasteiger partial charge in [0.2, 0.25) is 11.9 Å². The van der Waals surface area contributed by atoms with Crippen LogP contribution in [0.2, 0.25) is 0 Å². The fourth-order valence-corrected chi connectivity index (χ4v) is 5.31. The van der Waals surface area contributed by atoms with E-state index in [2.05, 4.69) is 25.3 Å². The summed E-state index contributed by atoms with van der Waals surface area (Å²) in [7, 11) is 1.77. The molecule has 1 unspecified atom stereocenters. The van der Waals surface area contributed by atoms with E-state index in [1.54, 1.807) is 34.7 Å². The van der Waals surface area contributed by atoms with Crippen LogP contribution in [0, 0.1) is 0 Å². The predicted octanol–water partition coefficient (Wildman–Crippen LogP) is 3.54. The number of amides is 2. The van der Waals surface area contributed by atoms with Crippen molar-refractivity contribution in [1.29, 1.82) is 0 Å². The van der Waals surface area contributed by atoms with E-state index < -0.39 is 12.3 Å². The van der Waals surface area contributed by atoms with E-state index in [-0.39, 0.29) is 30.9 Å². The minimum absolute atomic E-state index is 0.100. The average molecular weight is 549 g/mol. The summed E-state index contributed by atoms with van der Waals surface area (Å²) in [5, 5.41) is 15.5. The summed E-state index contributed by atoms with van der Waals surface area (Å²) in [6.45, 7) is 0.291. The third-order valence-corrected chi connectivity index (χ3v) is 7.20. The fourth-order valence-electron chi connectivity index (χ4n) is 4.42. The maximum atomic E-state index is 12.7. The van der Waals surface area contributed by atoms with Gasteiger partial charge in [0.05, 0.1) is 40.4 Å². The number of halogens is 3. The highest BCUT2D eigenvalue weighted by molar-refractivity contribution is 7.22. The molecule has 2 aromatic carbocycles. The van der Waals surface area contributed by atoms with Gasteiger partial charge in [-0.1, -0.05) is 11.3 Å². The summed E-state index contributed by atoms with van der Waals surface area (Å²) >= 11 is 1.14. The van der Waals surface area contributed by atoms with E-state index >= 15 is 0 Å². The maximum absolute atomic E-state index is 12.7. The number of thiazole rings is 1. The molecule has 4 aromatic rings. The molecule has 0 spiro atoms. The van der Waals surface area contributed by atoms with E-state index in [0.29, 0.717) is 38.9 Å². The van der Waals surface area contributed by atoms with Crippen LogP contribution in [0.5, 0.6) is 5.75 Å². The number of carbonyl (C=O) groups excluding carboxylic acids is 2. The number of carbonyl (C=O) groups is 2. The first-order valence-corrected chi connectivity index (χ1v) is 12.5. The average Bonchev–Trinajstić information content (AvgIpc) is 3.58. The van der Waals surface area contributed by atoms with Crippen molar-refractivity contribution >= 4 is 55.5 Å². The number of aromatic nitrogens is 3. The molecule has 2 aromatic heterocycles. The molecular formula is C24H23F3N6O4S. The molecule has 1 fully saturated rings. The lowest BCUT2D eigenvalue weighted by atomic mass is 10.2. The van der Waals surface area contributed by atoms with Crippen LogP contribution in [0.15, 0.2) is 36.4 Å². The number of benzene rings is 2. The monoisotopic (exact) mass is 548 g/mol. The molecule has 38 heavy (non-hydrogen) atoms. The van der Waals surface area contributed by atoms with E-state index in [1.807, 2.05) is 0 Å². The fraction of sp³-hybridized carbons (Fsp3) is 0.333. The van der Waals surface area contributed by atoms with E-state index in [4.69, 9.17) is 0 Å². The summed E-state index contributed by atoms with van der Waals surface area (Å²) in [4.78, 5) is 35.6. The molecule has 1 saturated heterocycles. The molecule has 200 valence electrons. The van der Waals surface area contributed by atoms with Crippen molar-refractivity contribution in [3.8, 4) is 5.75 Å². The quantitative estimate of drug-likeness (QED) is 0.323. The Balaban J connectivity index is 1.29. The Bertz CT molecular complexity index is 1520. The van der Waals surface area contributed by atoms with Gasteiger partial charge >= 0.3 is 6.36 Å². The molecule has 0 radical (unpaired) electrons. The Hall–Kier alpha value is -3.91. The first-order chi connectivity index (χ1) is 18.1. The molecule has 1 aliphatic rings. The number of alkyl halides is 3. The number of anilines is 2. The molecule has 3 heterocycles. The number of hydrogen-bond acceptors (Lipinski definition) is 8. The second-order valence-corrected chi connectivity index (χ2v) is 9.80. The molecule has 2 amide bonds. The van der Waals surface area contributed by atoms with Crippen LogP contribution >= 0.6 is 11.3 Å². The number of hydrogen-bond donors (Lipinski definition) is 3. The van der Waals surface area contributed by atoms with Gasteiger partial charge in [-0.25, -0.2) is 9.97 Å². The predicted molar refractivity (Wildman–Crippen MR) is 134 cm³/mol. The Morgan fingerprint density at radius 1 is 1.18 bits per heavy atom. The van der Waals surface area contributed by atoms with E-state index in [9.17, 15) is 27.9 Å². The van der Waals surface area contributed by atoms with Gasteiger partial charge in [0.1, 0.15) is 5.75 Å². The molecular weight excluding hydrogens is 525 g/mol. The first-order valence-electron chi connectivity index (χ1n) is 11.7. The van der Waals surface area contributed by atoms with Crippen molar-refractivity contribution in [2.75, 3.05) is 25.0 Å². The molecule has 3 N–H and O–H groups in total. The zero-order valence-corrected chi connectivity index (χ0v) is 20.9. The Morgan fingerprint density at radius 3 is 2.76 bits per heavy atom. The van der Waals surface area contributed by atoms with Crippen molar-refractivity contribution in [1.82, 2.24) is 24.8 Å². The van der Waals surface area contributed by atoms with E-state index in [0.717, 1.165) is 29.7 Å². The van der Waals surface area contributed by atoms with Crippen molar-refractivity contribution in [2.45, 2.75) is 25.2 Å². The van der Waals surface area contributed by atoms with Crippen molar-refractivity contribution in [2.24, 2.45) is 7.05 Å². The Kier molecular flexibility index (Phi) is 6.84. The molecule has 0 saturated carbocycles. The first kappa shape index (κ1) is 25.7. The summed E-state index contributed by atoms with van der Waals surface area (Å²) < 4.78 is 43.8. The van der Waals surface area contributed by atoms with Crippen LogP contribution in [-0.2, 0) is 11.8 Å². The number of rotatable bonds is 7. The number of aryl methyl sites for hydroxylation is 1. The number of aliphatic hydroxyl groups is 1. The summed E-state index contributed by atoms with van der Waals surface area (Å²) in [5.41, 5.74) is 2.08. The highest BCUT2D eigenvalue weighted by atomic mass is 32.1. The third kappa shape index (κ3) is 5.36. The Morgan fingerprint density at radius 2 is 2.00 bits per heavy atom. The van der Waals surface area contributed by atoms with Gasteiger partial charge in [-0.05, 0) is 43.2 Å². The van der Waals surface area contributed by atoms with Crippen LogP contribution in [0.1, 0.15) is 23.2 Å². The number of ether oxygens (including phenoxy) is 1. The van der Waals surface area contributed by atoms with Crippen LogP contribution in [0.4, 0.5) is 24.3 Å². The standard InChI is InChI=1S/C24H23F3N6O4S/c1-32-18-7-4-13(21(36)28-11-20(35)33-8-2-3-14(33)12-34)9-17(18)29-22(32)31-23-30-16-6-5-15(10-19(16)38-23)37-24(25,26)27/h4-7,9-10,14,34H,2-3,8,11-12H2,1H3,(H,28,36)(H,29,30,31). The van der Waals surface area contributed by atoms with Crippen LogP contribution in [0.3, 0.4) is 0 Å². The number of nitrogens with zero attached hydrogens (tertiary/aromatic N) is 4. The molecule has 5 rings (SSSR count). The number of fused-ring (bicyclic) bond motifs is 2. The van der Waals surface area contributed by atoms with Crippen LogP contribution in [0.25, 0.3) is 21.3 Å². The van der Waals surface area contributed by atoms with Crippen molar-refractivity contribution in [3.63, 3.8) is 0 Å². The number of nitrogens with one attached hydrogen (secondary N) is 2. The zero-order valence-electron chi connectivity index (χ0n) is 20.1. The number of likely N-dealkylation sites (tertiary alicyclic amines) is 1. The van der Waals surface area contributed by atoms with Gasteiger partial charge in [-0.15, -0.1) is 13.2 Å². The topological polar surface area (TPSA) is 122 Å². The lowest BCUT2D eigenvalue weighted by Gasteiger charge is -2.23. The van der Waals surface area contributed by atoms with Gasteiger partial charge in [0, 0.05) is 25.2 Å². The zero-order chi connectivity index (χ0) is 27.0. The van der Waals surface area contributed by atoms with Gasteiger partial charge in [-0.2, -0.15) is 0 Å². The third-order valence-electron chi connectivity index (χ3n) is 6.26. The van der Waals surface area contributed by atoms with Gasteiger partial charge in [0.15, 0.2) is 5.13 Å². The number of aliphatic hydroxyl groups excluding tert-OH is 1. The molecule has 1 aliphatic heterocycles. The highest BCUT2D eigenvalue weighted by Gasteiger charge is 2.31. The normalized spacial score (nSPS) is 15.8. The lowest BCUT2D eigenvalue weighted by molar-refractivity contribution is -0.274. The summed E-state index contributed by atoms with van der Waals surface area (Å²) in [6.07, 6.45) is -3.22. The largest absolute Gasteiger partial charge is 0.573 e. The molecule has 0 bridgehead atoms.